The van der Waals surface area contributed by atoms with Crippen molar-refractivity contribution in [3.05, 3.63) is 240 Å². The fourth-order valence-corrected chi connectivity index (χ4v) is 13.6. The van der Waals surface area contributed by atoms with Gasteiger partial charge in [-0.25, -0.2) is 0 Å². The molecule has 2 aliphatic rings. The average molecular weight is 953 g/mol. The highest BCUT2D eigenvalue weighted by Gasteiger charge is 2.44. The number of hydrogen-bond acceptors (Lipinski definition) is 4. The molecule has 2 heterocycles. The molecule has 0 radical (unpaired) electrons. The van der Waals surface area contributed by atoms with Crippen molar-refractivity contribution in [2.24, 2.45) is 0 Å². The third-order valence-electron chi connectivity index (χ3n) is 16.6. The van der Waals surface area contributed by atoms with E-state index in [2.05, 4.69) is 252 Å². The zero-order valence-electron chi connectivity index (χ0n) is 42.3. The van der Waals surface area contributed by atoms with Gasteiger partial charge in [0.25, 0.3) is 0 Å². The van der Waals surface area contributed by atoms with E-state index >= 15 is 0 Å². The molecule has 0 amide bonds. The number of aryl methyl sites for hydroxylation is 2. The van der Waals surface area contributed by atoms with Crippen LogP contribution < -0.4 is 9.80 Å². The molecule has 4 heteroatoms. The molecule has 0 spiro atoms. The van der Waals surface area contributed by atoms with Crippen LogP contribution >= 0.6 is 0 Å². The van der Waals surface area contributed by atoms with Crippen molar-refractivity contribution in [2.75, 3.05) is 9.80 Å². The Bertz CT molecular complexity index is 4510. The van der Waals surface area contributed by atoms with Crippen molar-refractivity contribution in [2.45, 2.75) is 52.4 Å². The summed E-state index contributed by atoms with van der Waals surface area (Å²) in [6.45, 7) is 14.2. The van der Waals surface area contributed by atoms with Gasteiger partial charge in [0.2, 0.25) is 0 Å². The Morgan fingerprint density at radius 3 is 1.23 bits per heavy atom. The Morgan fingerprint density at radius 1 is 0.324 bits per heavy atom. The van der Waals surface area contributed by atoms with Crippen LogP contribution in [0.1, 0.15) is 61.1 Å². The standard InChI is InChI=1S/C70H52N2O2/c1-41-38-42(2)40-44(39-41)72(60-29-17-23-52-46-21-11-13-31-62(46)74-68(52)60)58-37-35-48-50-33-32-49-47-34-36-57(71(43-18-8-7-9-19-43)59-28-16-22-51-45-20-10-12-30-61(45)73-67(51)59)53-24-14-26-55(63(47)53)69(3,4)65(49)66(50)70(5,6)56-27-15-25-54(58)64(48)56/h7-40H,1-6H3. The number of benzene rings is 11. The average Bonchev–Trinajstić information content (AvgIpc) is 4.01. The zero-order chi connectivity index (χ0) is 49.8. The van der Waals surface area contributed by atoms with Crippen LogP contribution in [0.3, 0.4) is 0 Å². The van der Waals surface area contributed by atoms with E-state index in [0.29, 0.717) is 0 Å². The van der Waals surface area contributed by atoms with Gasteiger partial charge in [0.1, 0.15) is 11.2 Å². The lowest BCUT2D eigenvalue weighted by Gasteiger charge is -2.44. The van der Waals surface area contributed by atoms with E-state index in [9.17, 15) is 0 Å². The predicted molar refractivity (Wildman–Crippen MR) is 310 cm³/mol. The van der Waals surface area contributed by atoms with Crippen LogP contribution in [0.4, 0.5) is 34.1 Å². The van der Waals surface area contributed by atoms with Crippen molar-refractivity contribution in [3.8, 4) is 22.3 Å². The topological polar surface area (TPSA) is 32.8 Å². The van der Waals surface area contributed by atoms with E-state index in [4.69, 9.17) is 8.83 Å². The van der Waals surface area contributed by atoms with Crippen LogP contribution in [0.15, 0.2) is 215 Å². The molecular weight excluding hydrogens is 901 g/mol. The minimum atomic E-state index is -0.354. The van der Waals surface area contributed by atoms with Crippen molar-refractivity contribution in [1.82, 2.24) is 0 Å². The molecule has 4 nitrogen and oxygen atoms in total. The molecule has 354 valence electrons. The Balaban J connectivity index is 0.940. The van der Waals surface area contributed by atoms with Gasteiger partial charge >= 0.3 is 0 Å². The van der Waals surface area contributed by atoms with E-state index in [1.807, 2.05) is 6.07 Å². The highest BCUT2D eigenvalue weighted by atomic mass is 16.3. The summed E-state index contributed by atoms with van der Waals surface area (Å²) in [4.78, 5) is 4.84. The molecular formula is C70H52N2O2. The van der Waals surface area contributed by atoms with Crippen LogP contribution in [0.25, 0.3) is 87.7 Å². The van der Waals surface area contributed by atoms with E-state index < -0.39 is 0 Å². The minimum absolute atomic E-state index is 0.351. The predicted octanol–water partition coefficient (Wildman–Crippen LogP) is 20.0. The lowest BCUT2D eigenvalue weighted by atomic mass is 9.59. The molecule has 0 bridgehead atoms. The number of fused-ring (bicyclic) bond motifs is 11. The first-order chi connectivity index (χ1) is 36.1. The monoisotopic (exact) mass is 952 g/mol. The number of nitrogens with zero attached hydrogens (tertiary/aromatic N) is 2. The van der Waals surface area contributed by atoms with Crippen molar-refractivity contribution in [3.63, 3.8) is 0 Å². The van der Waals surface area contributed by atoms with E-state index in [1.54, 1.807) is 0 Å². The van der Waals surface area contributed by atoms with Gasteiger partial charge in [0.15, 0.2) is 11.2 Å². The molecule has 2 aliphatic carbocycles. The lowest BCUT2D eigenvalue weighted by Crippen LogP contribution is -2.33. The maximum absolute atomic E-state index is 6.79. The molecule has 0 atom stereocenters. The molecule has 0 N–H and O–H groups in total. The smallest absolute Gasteiger partial charge is 0.159 e. The fourth-order valence-electron chi connectivity index (χ4n) is 13.6. The summed E-state index contributed by atoms with van der Waals surface area (Å²) in [5.74, 6) is 0. The van der Waals surface area contributed by atoms with Crippen LogP contribution in [-0.2, 0) is 10.8 Å². The Labute approximate surface area is 430 Å². The first-order valence-electron chi connectivity index (χ1n) is 25.9. The molecule has 0 aliphatic heterocycles. The van der Waals surface area contributed by atoms with Gasteiger partial charge < -0.3 is 18.6 Å². The zero-order valence-corrected chi connectivity index (χ0v) is 42.3. The van der Waals surface area contributed by atoms with Gasteiger partial charge in [0, 0.05) is 54.5 Å². The molecule has 74 heavy (non-hydrogen) atoms. The van der Waals surface area contributed by atoms with Gasteiger partial charge in [-0.1, -0.05) is 173 Å². The van der Waals surface area contributed by atoms with Gasteiger partial charge in [-0.3, -0.25) is 0 Å². The maximum atomic E-state index is 6.79. The summed E-state index contributed by atoms with van der Waals surface area (Å²) in [5, 5.41) is 9.48. The number of hydrogen-bond donors (Lipinski definition) is 0. The summed E-state index contributed by atoms with van der Waals surface area (Å²) < 4.78 is 13.5. The number of rotatable bonds is 6. The number of anilines is 6. The number of para-hydroxylation sites is 5. The molecule has 0 saturated heterocycles. The van der Waals surface area contributed by atoms with Gasteiger partial charge in [-0.15, -0.1) is 0 Å². The number of furan rings is 2. The summed E-state index contributed by atoms with van der Waals surface area (Å²) in [6, 6.07) is 75.8. The molecule has 0 fully saturated rings. The first-order valence-corrected chi connectivity index (χ1v) is 25.9. The Morgan fingerprint density at radius 2 is 0.730 bits per heavy atom. The highest BCUT2D eigenvalue weighted by Crippen LogP contribution is 2.60. The van der Waals surface area contributed by atoms with E-state index in [1.165, 1.54) is 77.2 Å². The summed E-state index contributed by atoms with van der Waals surface area (Å²) in [7, 11) is 0. The summed E-state index contributed by atoms with van der Waals surface area (Å²) in [6.07, 6.45) is 0. The largest absolute Gasteiger partial charge is 0.454 e. The normalized spacial score (nSPS) is 14.0. The SMILES string of the molecule is Cc1cc(C)cc(N(c2ccc3c4c(cccc24)C(C)(C)c2c-3ccc3c2C(C)(C)c2cccc4c(N(c5ccccc5)c5cccc6c5oc5ccccc56)ccc-3c24)c2cccc3c2oc2ccccc23)c1. The molecule has 13 aromatic rings. The van der Waals surface area contributed by atoms with Gasteiger partial charge in [0.05, 0.1) is 22.7 Å². The minimum Gasteiger partial charge on any atom is -0.454 e. The maximum Gasteiger partial charge on any atom is 0.159 e. The molecule has 2 aromatic heterocycles. The fraction of sp³-hybridized carbons (Fsp3) is 0.114. The van der Waals surface area contributed by atoms with E-state index in [-0.39, 0.29) is 10.8 Å². The molecule has 15 rings (SSSR count). The lowest BCUT2D eigenvalue weighted by molar-refractivity contribution is 0.582. The van der Waals surface area contributed by atoms with Gasteiger partial charge in [-0.05, 0) is 141 Å². The molecule has 11 aromatic carbocycles. The van der Waals surface area contributed by atoms with Gasteiger partial charge in [-0.2, -0.15) is 0 Å². The van der Waals surface area contributed by atoms with Crippen molar-refractivity contribution in [1.29, 1.82) is 0 Å². The van der Waals surface area contributed by atoms with Crippen molar-refractivity contribution >= 4 is 99.5 Å². The summed E-state index contributed by atoms with van der Waals surface area (Å²) in [5.41, 5.74) is 22.3. The second-order valence-electron chi connectivity index (χ2n) is 21.7. The van der Waals surface area contributed by atoms with Crippen LogP contribution in [0.2, 0.25) is 0 Å². The summed E-state index contributed by atoms with van der Waals surface area (Å²) >= 11 is 0. The third-order valence-corrected chi connectivity index (χ3v) is 16.6. The van der Waals surface area contributed by atoms with Crippen LogP contribution in [0.5, 0.6) is 0 Å². The Hall–Kier alpha value is -8.86. The molecule has 0 unspecified atom stereocenters. The third kappa shape index (κ3) is 5.85. The second-order valence-corrected chi connectivity index (χ2v) is 21.7. The highest BCUT2D eigenvalue weighted by molar-refractivity contribution is 6.17. The second kappa shape index (κ2) is 15.3. The van der Waals surface area contributed by atoms with Crippen LogP contribution in [-0.4, -0.2) is 0 Å². The van der Waals surface area contributed by atoms with Crippen molar-refractivity contribution < 1.29 is 8.83 Å². The Kier molecular flexibility index (Phi) is 8.87. The van der Waals surface area contributed by atoms with E-state index in [0.717, 1.165) is 78.0 Å². The first kappa shape index (κ1) is 42.8. The molecule has 0 saturated carbocycles. The quantitative estimate of drug-likeness (QED) is 0.166. The van der Waals surface area contributed by atoms with Crippen LogP contribution in [0, 0.1) is 13.8 Å².